The highest BCUT2D eigenvalue weighted by atomic mass is 16.3. The van der Waals surface area contributed by atoms with Crippen molar-refractivity contribution >= 4 is 5.69 Å². The summed E-state index contributed by atoms with van der Waals surface area (Å²) in [6.07, 6.45) is 3.84. The average molecular weight is 276 g/mol. The van der Waals surface area contributed by atoms with Crippen molar-refractivity contribution in [3.05, 3.63) is 29.3 Å². The van der Waals surface area contributed by atoms with Crippen molar-refractivity contribution in [2.24, 2.45) is 0 Å². The summed E-state index contributed by atoms with van der Waals surface area (Å²) in [6, 6.07) is 7.84. The molecule has 2 N–H and O–H groups in total. The number of hydrogen-bond acceptors (Lipinski definition) is 3. The molecule has 0 unspecified atom stereocenters. The molecule has 0 bridgehead atoms. The molecule has 2 rings (SSSR count). The summed E-state index contributed by atoms with van der Waals surface area (Å²) in [4.78, 5) is 2.39. The zero-order chi connectivity index (χ0) is 14.5. The maximum atomic E-state index is 9.31. The number of aliphatic hydroxyl groups excluding tert-OH is 1. The number of aryl methyl sites for hydroxylation is 1. The fraction of sp³-hybridized carbons (Fsp3) is 0.647. The summed E-state index contributed by atoms with van der Waals surface area (Å²) >= 11 is 0. The van der Waals surface area contributed by atoms with Gasteiger partial charge >= 0.3 is 0 Å². The Balaban J connectivity index is 2.10. The molecule has 1 aromatic rings. The summed E-state index contributed by atoms with van der Waals surface area (Å²) in [7, 11) is 0. The minimum Gasteiger partial charge on any atom is -0.395 e. The number of nitrogens with zero attached hydrogens (tertiary/aromatic N) is 1. The number of benzene rings is 1. The minimum atomic E-state index is 0.229. The fourth-order valence-corrected chi connectivity index (χ4v) is 2.78. The van der Waals surface area contributed by atoms with E-state index in [0.717, 1.165) is 13.1 Å². The maximum absolute atomic E-state index is 9.31. The van der Waals surface area contributed by atoms with Gasteiger partial charge in [0.05, 0.1) is 6.61 Å². The topological polar surface area (TPSA) is 35.5 Å². The van der Waals surface area contributed by atoms with Gasteiger partial charge in [-0.15, -0.1) is 0 Å². The first-order valence-electron chi connectivity index (χ1n) is 7.82. The van der Waals surface area contributed by atoms with Crippen molar-refractivity contribution in [2.45, 2.75) is 58.7 Å². The SMILES string of the molecule is Cc1cc(CNC(C)C)ccc1N(CCO)C1CCC1. The monoisotopic (exact) mass is 276 g/mol. The van der Waals surface area contributed by atoms with Crippen molar-refractivity contribution in [3.8, 4) is 0 Å². The van der Waals surface area contributed by atoms with Crippen LogP contribution >= 0.6 is 0 Å². The second kappa shape index (κ2) is 7.09. The highest BCUT2D eigenvalue weighted by Crippen LogP contribution is 2.31. The number of aliphatic hydroxyl groups is 1. The molecule has 0 spiro atoms. The van der Waals surface area contributed by atoms with E-state index in [1.165, 1.54) is 36.1 Å². The highest BCUT2D eigenvalue weighted by Gasteiger charge is 2.25. The van der Waals surface area contributed by atoms with Crippen molar-refractivity contribution in [3.63, 3.8) is 0 Å². The lowest BCUT2D eigenvalue weighted by atomic mass is 9.90. The summed E-state index contributed by atoms with van der Waals surface area (Å²) in [5.41, 5.74) is 3.93. The van der Waals surface area contributed by atoms with Gasteiger partial charge in [0.1, 0.15) is 0 Å². The second-order valence-corrected chi connectivity index (χ2v) is 6.16. The number of rotatable bonds is 7. The van der Waals surface area contributed by atoms with Crippen LogP contribution in [0, 0.1) is 6.92 Å². The standard InChI is InChI=1S/C17H28N2O/c1-13(2)18-12-15-7-8-17(14(3)11-15)19(9-10-20)16-5-4-6-16/h7-8,11,13,16,18,20H,4-6,9-10,12H2,1-3H3. The molecule has 0 heterocycles. The Hall–Kier alpha value is -1.06. The average Bonchev–Trinajstić information content (AvgIpc) is 2.34. The van der Waals surface area contributed by atoms with Crippen LogP contribution in [0.15, 0.2) is 18.2 Å². The molecule has 1 fully saturated rings. The lowest BCUT2D eigenvalue weighted by Crippen LogP contribution is -2.42. The van der Waals surface area contributed by atoms with E-state index in [2.05, 4.69) is 49.2 Å². The summed E-state index contributed by atoms with van der Waals surface area (Å²) in [5.74, 6) is 0. The summed E-state index contributed by atoms with van der Waals surface area (Å²) < 4.78 is 0. The van der Waals surface area contributed by atoms with E-state index in [9.17, 15) is 5.11 Å². The van der Waals surface area contributed by atoms with Gasteiger partial charge in [-0.2, -0.15) is 0 Å². The minimum absolute atomic E-state index is 0.229. The Labute approximate surface area is 123 Å². The predicted octanol–water partition coefficient (Wildman–Crippen LogP) is 2.84. The summed E-state index contributed by atoms with van der Waals surface area (Å²) in [6.45, 7) is 8.41. The van der Waals surface area contributed by atoms with Crippen LogP contribution in [0.1, 0.15) is 44.2 Å². The van der Waals surface area contributed by atoms with E-state index in [1.54, 1.807) is 0 Å². The molecule has 0 radical (unpaired) electrons. The quantitative estimate of drug-likeness (QED) is 0.804. The Morgan fingerprint density at radius 1 is 1.35 bits per heavy atom. The van der Waals surface area contributed by atoms with Crippen LogP contribution in [0.3, 0.4) is 0 Å². The Morgan fingerprint density at radius 3 is 2.60 bits per heavy atom. The fourth-order valence-electron chi connectivity index (χ4n) is 2.78. The van der Waals surface area contributed by atoms with Gasteiger partial charge in [-0.3, -0.25) is 0 Å². The Kier molecular flexibility index (Phi) is 5.44. The lowest BCUT2D eigenvalue weighted by molar-refractivity contribution is 0.283. The van der Waals surface area contributed by atoms with E-state index in [4.69, 9.17) is 0 Å². The van der Waals surface area contributed by atoms with Crippen LogP contribution in [0.4, 0.5) is 5.69 Å². The number of anilines is 1. The molecule has 0 saturated heterocycles. The molecule has 0 aliphatic heterocycles. The molecule has 20 heavy (non-hydrogen) atoms. The van der Waals surface area contributed by atoms with Crippen LogP contribution in [-0.4, -0.2) is 30.3 Å². The molecular formula is C17H28N2O. The van der Waals surface area contributed by atoms with Crippen molar-refractivity contribution in [1.82, 2.24) is 5.32 Å². The normalized spacial score (nSPS) is 15.4. The molecule has 1 aliphatic carbocycles. The van der Waals surface area contributed by atoms with Gasteiger partial charge in [0, 0.05) is 30.9 Å². The van der Waals surface area contributed by atoms with E-state index in [1.807, 2.05) is 0 Å². The summed E-state index contributed by atoms with van der Waals surface area (Å²) in [5, 5.41) is 12.8. The maximum Gasteiger partial charge on any atom is 0.0606 e. The molecule has 0 amide bonds. The van der Waals surface area contributed by atoms with Gasteiger partial charge in [0.15, 0.2) is 0 Å². The van der Waals surface area contributed by atoms with Crippen molar-refractivity contribution in [2.75, 3.05) is 18.1 Å². The molecule has 0 atom stereocenters. The van der Waals surface area contributed by atoms with Crippen molar-refractivity contribution in [1.29, 1.82) is 0 Å². The predicted molar refractivity (Wildman–Crippen MR) is 85.2 cm³/mol. The van der Waals surface area contributed by atoms with Gasteiger partial charge in [0.25, 0.3) is 0 Å². The third-order valence-electron chi connectivity index (χ3n) is 4.14. The Morgan fingerprint density at radius 2 is 2.10 bits per heavy atom. The smallest absolute Gasteiger partial charge is 0.0606 e. The molecule has 1 aliphatic rings. The Bertz CT molecular complexity index is 427. The van der Waals surface area contributed by atoms with Crippen LogP contribution in [0.25, 0.3) is 0 Å². The third kappa shape index (κ3) is 3.74. The zero-order valence-corrected chi connectivity index (χ0v) is 13.0. The molecule has 1 aromatic carbocycles. The molecule has 112 valence electrons. The first-order chi connectivity index (χ1) is 9.61. The largest absolute Gasteiger partial charge is 0.395 e. The third-order valence-corrected chi connectivity index (χ3v) is 4.14. The second-order valence-electron chi connectivity index (χ2n) is 6.16. The number of nitrogens with one attached hydrogen (secondary N) is 1. The van der Waals surface area contributed by atoms with Gasteiger partial charge in [-0.25, -0.2) is 0 Å². The highest BCUT2D eigenvalue weighted by molar-refractivity contribution is 5.55. The van der Waals surface area contributed by atoms with Crippen molar-refractivity contribution < 1.29 is 5.11 Å². The van der Waals surface area contributed by atoms with Gasteiger partial charge < -0.3 is 15.3 Å². The zero-order valence-electron chi connectivity index (χ0n) is 13.0. The van der Waals surface area contributed by atoms with E-state index < -0.39 is 0 Å². The van der Waals surface area contributed by atoms with Crippen LogP contribution < -0.4 is 10.2 Å². The first kappa shape index (κ1) is 15.3. The molecule has 0 aromatic heterocycles. The van der Waals surface area contributed by atoms with Crippen LogP contribution in [0.5, 0.6) is 0 Å². The first-order valence-corrected chi connectivity index (χ1v) is 7.82. The van der Waals surface area contributed by atoms with E-state index in [-0.39, 0.29) is 6.61 Å². The van der Waals surface area contributed by atoms with Crippen LogP contribution in [-0.2, 0) is 6.54 Å². The molecule has 3 nitrogen and oxygen atoms in total. The van der Waals surface area contributed by atoms with Gasteiger partial charge in [-0.05, 0) is 43.4 Å². The number of hydrogen-bond donors (Lipinski definition) is 2. The van der Waals surface area contributed by atoms with E-state index >= 15 is 0 Å². The van der Waals surface area contributed by atoms with Gasteiger partial charge in [0.2, 0.25) is 0 Å². The van der Waals surface area contributed by atoms with E-state index in [0.29, 0.717) is 12.1 Å². The van der Waals surface area contributed by atoms with Crippen LogP contribution in [0.2, 0.25) is 0 Å². The molecular weight excluding hydrogens is 248 g/mol. The molecule has 1 saturated carbocycles. The molecule has 3 heteroatoms. The van der Waals surface area contributed by atoms with Gasteiger partial charge in [-0.1, -0.05) is 26.0 Å². The lowest BCUT2D eigenvalue weighted by Gasteiger charge is -2.39.